The van der Waals surface area contributed by atoms with E-state index < -0.39 is 10.0 Å². The van der Waals surface area contributed by atoms with Crippen molar-refractivity contribution in [3.8, 4) is 0 Å². The molecule has 7 heteroatoms. The molecule has 0 aromatic carbocycles. The highest BCUT2D eigenvalue weighted by Gasteiger charge is 2.27. The lowest BCUT2D eigenvalue weighted by molar-refractivity contribution is 0.136. The number of hydrogen-bond donors (Lipinski definition) is 2. The third-order valence-electron chi connectivity index (χ3n) is 3.66. The van der Waals surface area contributed by atoms with Crippen LogP contribution in [-0.2, 0) is 14.8 Å². The highest BCUT2D eigenvalue weighted by Crippen LogP contribution is 2.26. The predicted molar refractivity (Wildman–Crippen MR) is 80.1 cm³/mol. The molecule has 1 rings (SSSR count). The first-order chi connectivity index (χ1) is 8.48. The van der Waals surface area contributed by atoms with E-state index in [1.807, 2.05) is 0 Å². The lowest BCUT2D eigenvalue weighted by atomic mass is 9.84. The van der Waals surface area contributed by atoms with Gasteiger partial charge in [0, 0.05) is 19.7 Å². The molecule has 0 aromatic heterocycles. The van der Waals surface area contributed by atoms with Gasteiger partial charge in [0.1, 0.15) is 0 Å². The molecule has 3 N–H and O–H groups in total. The Kier molecular flexibility index (Phi) is 9.19. The molecule has 0 aliphatic heterocycles. The van der Waals surface area contributed by atoms with Crippen LogP contribution in [0.2, 0.25) is 0 Å². The number of ether oxygens (including phenoxy) is 1. The van der Waals surface area contributed by atoms with E-state index in [-0.39, 0.29) is 30.3 Å². The smallest absolute Gasteiger partial charge is 0.214 e. The highest BCUT2D eigenvalue weighted by atomic mass is 35.5. The van der Waals surface area contributed by atoms with Gasteiger partial charge in [-0.1, -0.05) is 19.3 Å². The standard InChI is InChI=1S/C12H26N2O3S.ClH/c1-10(17-2)9-18(15,16)14-12(8-13)11-6-4-3-5-7-11;/h10-12,14H,3-9,13H2,1-2H3;1H. The summed E-state index contributed by atoms with van der Waals surface area (Å²) in [7, 11) is -1.79. The summed E-state index contributed by atoms with van der Waals surface area (Å²) in [6.45, 7) is 2.11. The number of halogens is 1. The van der Waals surface area contributed by atoms with Crippen molar-refractivity contribution < 1.29 is 13.2 Å². The zero-order valence-electron chi connectivity index (χ0n) is 11.8. The van der Waals surface area contributed by atoms with Crippen LogP contribution in [0.3, 0.4) is 0 Å². The minimum Gasteiger partial charge on any atom is -0.381 e. The highest BCUT2D eigenvalue weighted by molar-refractivity contribution is 7.89. The Bertz CT molecular complexity index is 332. The zero-order valence-corrected chi connectivity index (χ0v) is 13.4. The van der Waals surface area contributed by atoms with E-state index in [1.165, 1.54) is 26.4 Å². The van der Waals surface area contributed by atoms with Crippen molar-refractivity contribution in [2.75, 3.05) is 19.4 Å². The van der Waals surface area contributed by atoms with Crippen molar-refractivity contribution >= 4 is 22.4 Å². The monoisotopic (exact) mass is 314 g/mol. The minimum absolute atomic E-state index is 0. The molecule has 116 valence electrons. The van der Waals surface area contributed by atoms with Gasteiger partial charge in [-0.3, -0.25) is 0 Å². The first kappa shape index (κ1) is 19.1. The Morgan fingerprint density at radius 2 is 1.89 bits per heavy atom. The summed E-state index contributed by atoms with van der Waals surface area (Å²) in [6.07, 6.45) is 5.46. The predicted octanol–water partition coefficient (Wildman–Crippen LogP) is 1.27. The average molecular weight is 315 g/mol. The Balaban J connectivity index is 0.00000324. The number of nitrogens with two attached hydrogens (primary N) is 1. The Hall–Kier alpha value is 0.120. The van der Waals surface area contributed by atoms with Crippen LogP contribution in [0.5, 0.6) is 0 Å². The fraction of sp³-hybridized carbons (Fsp3) is 1.00. The molecular formula is C12H27ClN2O3S. The van der Waals surface area contributed by atoms with Crippen molar-refractivity contribution in [3.05, 3.63) is 0 Å². The van der Waals surface area contributed by atoms with Gasteiger partial charge < -0.3 is 10.5 Å². The molecule has 1 saturated carbocycles. The molecular weight excluding hydrogens is 288 g/mol. The molecule has 0 spiro atoms. The molecule has 2 unspecified atom stereocenters. The average Bonchev–Trinajstić information content (AvgIpc) is 2.36. The van der Waals surface area contributed by atoms with Crippen LogP contribution in [0.1, 0.15) is 39.0 Å². The quantitative estimate of drug-likeness (QED) is 0.741. The fourth-order valence-electron chi connectivity index (χ4n) is 2.53. The molecule has 0 saturated heterocycles. The van der Waals surface area contributed by atoms with Crippen molar-refractivity contribution in [1.29, 1.82) is 0 Å². The summed E-state index contributed by atoms with van der Waals surface area (Å²) in [5.41, 5.74) is 5.72. The molecule has 0 heterocycles. The molecule has 0 aromatic rings. The summed E-state index contributed by atoms with van der Waals surface area (Å²) >= 11 is 0. The van der Waals surface area contributed by atoms with Crippen LogP contribution >= 0.6 is 12.4 Å². The largest absolute Gasteiger partial charge is 0.381 e. The summed E-state index contributed by atoms with van der Waals surface area (Å²) < 4.78 is 31.7. The number of hydrogen-bond acceptors (Lipinski definition) is 4. The number of methoxy groups -OCH3 is 1. The van der Waals surface area contributed by atoms with Gasteiger partial charge in [-0.15, -0.1) is 12.4 Å². The van der Waals surface area contributed by atoms with E-state index >= 15 is 0 Å². The van der Waals surface area contributed by atoms with E-state index in [2.05, 4.69) is 4.72 Å². The van der Waals surface area contributed by atoms with Crippen molar-refractivity contribution in [3.63, 3.8) is 0 Å². The normalized spacial score (nSPS) is 20.6. The van der Waals surface area contributed by atoms with Gasteiger partial charge in [0.2, 0.25) is 10.0 Å². The first-order valence-electron chi connectivity index (χ1n) is 6.71. The lowest BCUT2D eigenvalue weighted by Crippen LogP contribution is -2.47. The third-order valence-corrected chi connectivity index (χ3v) is 5.23. The van der Waals surface area contributed by atoms with E-state index in [9.17, 15) is 8.42 Å². The second-order valence-electron chi connectivity index (χ2n) is 5.19. The van der Waals surface area contributed by atoms with Crippen LogP contribution in [0, 0.1) is 5.92 Å². The van der Waals surface area contributed by atoms with Gasteiger partial charge in [-0.05, 0) is 25.7 Å². The maximum absolute atomic E-state index is 12.0. The first-order valence-corrected chi connectivity index (χ1v) is 8.36. The summed E-state index contributed by atoms with van der Waals surface area (Å²) in [6, 6.07) is -0.126. The van der Waals surface area contributed by atoms with E-state index in [1.54, 1.807) is 6.92 Å². The van der Waals surface area contributed by atoms with E-state index in [0.29, 0.717) is 12.5 Å². The Morgan fingerprint density at radius 1 is 1.32 bits per heavy atom. The lowest BCUT2D eigenvalue weighted by Gasteiger charge is -2.30. The molecule has 0 bridgehead atoms. The van der Waals surface area contributed by atoms with Gasteiger partial charge in [0.05, 0.1) is 11.9 Å². The molecule has 5 nitrogen and oxygen atoms in total. The number of sulfonamides is 1. The fourth-order valence-corrected chi connectivity index (χ4v) is 4.13. The van der Waals surface area contributed by atoms with Gasteiger partial charge in [0.25, 0.3) is 0 Å². The molecule has 0 radical (unpaired) electrons. The van der Waals surface area contributed by atoms with Crippen LogP contribution in [0.25, 0.3) is 0 Å². The van der Waals surface area contributed by atoms with Gasteiger partial charge in [0.15, 0.2) is 0 Å². The number of rotatable bonds is 7. The molecule has 19 heavy (non-hydrogen) atoms. The van der Waals surface area contributed by atoms with Crippen LogP contribution < -0.4 is 10.5 Å². The minimum atomic E-state index is -3.31. The van der Waals surface area contributed by atoms with E-state index in [0.717, 1.165) is 12.8 Å². The SMILES string of the molecule is COC(C)CS(=O)(=O)NC(CN)C1CCCCC1.Cl. The van der Waals surface area contributed by atoms with Gasteiger partial charge in [-0.25, -0.2) is 13.1 Å². The summed E-state index contributed by atoms with van der Waals surface area (Å²) in [4.78, 5) is 0. The number of nitrogens with one attached hydrogen (secondary N) is 1. The van der Waals surface area contributed by atoms with Gasteiger partial charge in [-0.2, -0.15) is 0 Å². The second kappa shape index (κ2) is 9.13. The van der Waals surface area contributed by atoms with Crippen LogP contribution in [0.15, 0.2) is 0 Å². The zero-order chi connectivity index (χ0) is 13.6. The Morgan fingerprint density at radius 3 is 2.37 bits per heavy atom. The molecule has 0 amide bonds. The molecule has 2 atom stereocenters. The maximum Gasteiger partial charge on any atom is 0.214 e. The molecule has 1 aliphatic rings. The van der Waals surface area contributed by atoms with Gasteiger partial charge >= 0.3 is 0 Å². The topological polar surface area (TPSA) is 81.4 Å². The van der Waals surface area contributed by atoms with Crippen molar-refractivity contribution in [2.45, 2.75) is 51.2 Å². The van der Waals surface area contributed by atoms with Crippen molar-refractivity contribution in [2.24, 2.45) is 11.7 Å². The third kappa shape index (κ3) is 6.90. The maximum atomic E-state index is 12.0. The Labute approximate surface area is 123 Å². The molecule has 1 fully saturated rings. The second-order valence-corrected chi connectivity index (χ2v) is 6.98. The van der Waals surface area contributed by atoms with Crippen LogP contribution in [-0.4, -0.2) is 40.0 Å². The van der Waals surface area contributed by atoms with Crippen LogP contribution in [0.4, 0.5) is 0 Å². The molecule has 1 aliphatic carbocycles. The van der Waals surface area contributed by atoms with E-state index in [4.69, 9.17) is 10.5 Å². The summed E-state index contributed by atoms with van der Waals surface area (Å²) in [5, 5.41) is 0. The van der Waals surface area contributed by atoms with Crippen molar-refractivity contribution in [1.82, 2.24) is 4.72 Å². The summed E-state index contributed by atoms with van der Waals surface area (Å²) in [5.74, 6) is 0.378.